The summed E-state index contributed by atoms with van der Waals surface area (Å²) >= 11 is 0. The second-order valence-corrected chi connectivity index (χ2v) is 8.36. The summed E-state index contributed by atoms with van der Waals surface area (Å²) in [5.74, 6) is -2.07. The van der Waals surface area contributed by atoms with E-state index < -0.39 is 32.2 Å². The van der Waals surface area contributed by atoms with Crippen molar-refractivity contribution in [3.63, 3.8) is 0 Å². The van der Waals surface area contributed by atoms with E-state index in [2.05, 4.69) is 10.3 Å². The predicted octanol–water partition coefficient (Wildman–Crippen LogP) is -6.05. The molecule has 4 unspecified atom stereocenters. The Bertz CT molecular complexity index is 840. The fourth-order valence-electron chi connectivity index (χ4n) is 3.31. The molecule has 2 heterocycles. The van der Waals surface area contributed by atoms with Crippen molar-refractivity contribution in [2.75, 3.05) is 33.2 Å². The molecule has 0 aromatic heterocycles. The lowest BCUT2D eigenvalue weighted by molar-refractivity contribution is -0.132. The molecule has 214 valence electrons. The van der Waals surface area contributed by atoms with E-state index in [0.717, 1.165) is 0 Å². The zero-order valence-electron chi connectivity index (χ0n) is 21.8. The molecule has 38 heavy (non-hydrogen) atoms. The smallest absolute Gasteiger partial charge is 0.426 e. The third-order valence-corrected chi connectivity index (χ3v) is 5.32. The zero-order valence-corrected chi connectivity index (χ0v) is 21.8. The van der Waals surface area contributed by atoms with Crippen molar-refractivity contribution >= 4 is 37.9 Å². The summed E-state index contributed by atoms with van der Waals surface area (Å²) in [7, 11) is -1.57. The molecule has 0 aromatic rings. The summed E-state index contributed by atoms with van der Waals surface area (Å²) < 4.78 is 0. The lowest BCUT2D eigenvalue weighted by Gasteiger charge is -2.26. The molecule has 4 atom stereocenters. The highest BCUT2D eigenvalue weighted by atomic mass is 16.4. The molecule has 2 aliphatic heterocycles. The van der Waals surface area contributed by atoms with E-state index in [0.29, 0.717) is 32.5 Å². The number of likely N-dealkylation sites (N-methyl/N-ethyl adjacent to an activating group) is 1. The van der Waals surface area contributed by atoms with E-state index in [1.54, 1.807) is 38.3 Å². The fraction of sp³-hybridized carbons (Fsp3) is 0.600. The molecule has 0 aliphatic carbocycles. The third-order valence-electron chi connectivity index (χ3n) is 5.32. The van der Waals surface area contributed by atoms with Gasteiger partial charge < -0.3 is 63.9 Å². The van der Waals surface area contributed by atoms with E-state index in [9.17, 15) is 14.4 Å². The highest BCUT2D eigenvalue weighted by Crippen LogP contribution is 2.13. The first kappa shape index (κ1) is 35.0. The molecule has 3 amide bonds. The maximum Gasteiger partial charge on any atom is 0.479 e. The molecule has 2 aliphatic rings. The molecule has 0 saturated heterocycles. The van der Waals surface area contributed by atoms with Crippen LogP contribution in [0.3, 0.4) is 0 Å². The van der Waals surface area contributed by atoms with Crippen molar-refractivity contribution < 1.29 is 34.5 Å². The van der Waals surface area contributed by atoms with Crippen molar-refractivity contribution in [1.29, 1.82) is 0 Å². The molecule has 0 fully saturated rings. The monoisotopic (exact) mass is 541 g/mol. The van der Waals surface area contributed by atoms with Crippen LogP contribution in [0.5, 0.6) is 0 Å². The maximum absolute atomic E-state index is 12.0. The lowest BCUT2D eigenvalue weighted by atomic mass is 9.79. The van der Waals surface area contributed by atoms with E-state index >= 15 is 0 Å². The molecule has 0 radical (unpaired) electrons. The summed E-state index contributed by atoms with van der Waals surface area (Å²) in [5, 5.41) is 38.4. The van der Waals surface area contributed by atoms with Crippen LogP contribution in [-0.2, 0) is 14.4 Å². The second kappa shape index (κ2) is 18.3. The van der Waals surface area contributed by atoms with Crippen LogP contribution in [0.1, 0.15) is 19.8 Å². The molecular formula is C20H41B2N9O7. The Morgan fingerprint density at radius 3 is 1.92 bits per heavy atom. The highest BCUT2D eigenvalue weighted by molar-refractivity contribution is 6.45. The molecule has 18 heteroatoms. The zero-order chi connectivity index (χ0) is 29.4. The van der Waals surface area contributed by atoms with Crippen LogP contribution in [0, 0.1) is 0 Å². The van der Waals surface area contributed by atoms with Crippen molar-refractivity contribution in [2.45, 2.75) is 43.7 Å². The van der Waals surface area contributed by atoms with Crippen LogP contribution in [0.25, 0.3) is 0 Å². The number of guanidine groups is 1. The number of aliphatic imine (C=N–C) groups is 1. The Labute approximate surface area is 222 Å². The van der Waals surface area contributed by atoms with Gasteiger partial charge in [0.2, 0.25) is 17.7 Å². The highest BCUT2D eigenvalue weighted by Gasteiger charge is 2.35. The van der Waals surface area contributed by atoms with Crippen molar-refractivity contribution in [3.05, 3.63) is 24.3 Å². The van der Waals surface area contributed by atoms with Crippen LogP contribution < -0.4 is 34.0 Å². The molecular weight excluding hydrogens is 500 g/mol. The largest absolute Gasteiger partial charge is 0.479 e. The van der Waals surface area contributed by atoms with Crippen molar-refractivity contribution in [1.82, 2.24) is 15.1 Å². The molecule has 16 nitrogen and oxygen atoms in total. The Kier molecular flexibility index (Phi) is 16.9. The normalized spacial score (nSPS) is 18.9. The Morgan fingerprint density at radius 2 is 1.53 bits per heavy atom. The van der Waals surface area contributed by atoms with E-state index in [1.807, 2.05) is 0 Å². The van der Waals surface area contributed by atoms with Gasteiger partial charge in [-0.25, -0.2) is 0 Å². The Hall–Kier alpha value is -2.99. The van der Waals surface area contributed by atoms with Crippen molar-refractivity contribution in [2.24, 2.45) is 33.7 Å². The summed E-state index contributed by atoms with van der Waals surface area (Å²) in [6, 6.07) is -1.08. The van der Waals surface area contributed by atoms with Gasteiger partial charge in [-0.3, -0.25) is 19.4 Å². The van der Waals surface area contributed by atoms with Gasteiger partial charge >= 0.3 is 14.2 Å². The molecule has 0 saturated carbocycles. The van der Waals surface area contributed by atoms with Crippen LogP contribution in [-0.4, -0.2) is 125 Å². The number of amides is 3. The minimum absolute atomic E-state index is 0.00658. The minimum atomic E-state index is -1.60. The minimum Gasteiger partial charge on any atom is -0.426 e. The van der Waals surface area contributed by atoms with Gasteiger partial charge in [-0.05, 0) is 19.8 Å². The first-order valence-corrected chi connectivity index (χ1v) is 11.9. The van der Waals surface area contributed by atoms with Gasteiger partial charge in [0.05, 0.1) is 30.5 Å². The third kappa shape index (κ3) is 12.5. The first-order valence-electron chi connectivity index (χ1n) is 11.9. The number of carbonyl (C=O) groups excluding carboxylic acids is 3. The molecule has 0 spiro atoms. The standard InChI is InChI=1S/C10H20BN5O3.C6H11BN2O3.C4H10N2O/c12-7(3-1-5-15-10(13)14)9(17)16-6-2-4-8(16)11(18)19;8-4-6(10)9-3-1-2-5(9)7(11)12;1-3(5)4(7)6-2/h2,4,7-8,18-19H,1,3,5-6,12H2,(H4,13,14,15);1-2,5,11-12H,3-4,8H2;3H,5H2,1-2H3,(H,6,7). The molecule has 0 aromatic carbocycles. The van der Waals surface area contributed by atoms with Gasteiger partial charge in [0, 0.05) is 26.7 Å². The Morgan fingerprint density at radius 1 is 1.03 bits per heavy atom. The summed E-state index contributed by atoms with van der Waals surface area (Å²) in [6.07, 6.45) is 7.58. The average Bonchev–Trinajstić information content (AvgIpc) is 3.56. The topological polar surface area (TPSA) is 293 Å². The van der Waals surface area contributed by atoms with Gasteiger partial charge in [-0.1, -0.05) is 24.3 Å². The number of nitrogens with one attached hydrogen (secondary N) is 1. The Balaban J connectivity index is 0.000000612. The predicted molar refractivity (Wildman–Crippen MR) is 144 cm³/mol. The van der Waals surface area contributed by atoms with Crippen molar-refractivity contribution in [3.8, 4) is 0 Å². The summed E-state index contributed by atoms with van der Waals surface area (Å²) in [4.78, 5) is 39.8. The number of hydrogen-bond acceptors (Lipinski definition) is 11. The first-order chi connectivity index (χ1) is 17.8. The second-order valence-electron chi connectivity index (χ2n) is 8.36. The van der Waals surface area contributed by atoms with Gasteiger partial charge in [0.15, 0.2) is 5.96 Å². The fourth-order valence-corrected chi connectivity index (χ4v) is 3.31. The number of nitrogens with two attached hydrogens (primary N) is 5. The van der Waals surface area contributed by atoms with E-state index in [-0.39, 0.29) is 36.3 Å². The summed E-state index contributed by atoms with van der Waals surface area (Å²) in [6.45, 7) is 2.68. The average molecular weight is 541 g/mol. The van der Waals surface area contributed by atoms with Crippen LogP contribution in [0.2, 0.25) is 0 Å². The van der Waals surface area contributed by atoms with Crippen LogP contribution in [0.15, 0.2) is 29.3 Å². The van der Waals surface area contributed by atoms with Gasteiger partial charge in [0.1, 0.15) is 0 Å². The van der Waals surface area contributed by atoms with E-state index in [1.165, 1.54) is 9.80 Å². The van der Waals surface area contributed by atoms with Gasteiger partial charge in [0.25, 0.3) is 0 Å². The number of carbonyl (C=O) groups is 3. The lowest BCUT2D eigenvalue weighted by Crippen LogP contribution is -2.51. The number of hydrogen-bond donors (Lipinski definition) is 10. The quantitative estimate of drug-likeness (QED) is 0.0429. The van der Waals surface area contributed by atoms with Crippen LogP contribution >= 0.6 is 0 Å². The van der Waals surface area contributed by atoms with Gasteiger partial charge in [-0.15, -0.1) is 0 Å². The number of nitrogens with zero attached hydrogens (tertiary/aromatic N) is 3. The summed E-state index contributed by atoms with van der Waals surface area (Å²) in [5.41, 5.74) is 26.4. The van der Waals surface area contributed by atoms with Gasteiger partial charge in [-0.2, -0.15) is 0 Å². The molecule has 15 N–H and O–H groups in total. The SMILES string of the molecule is CNC(=O)C(C)N.NC(N)=NCCCC(N)C(=O)N1CC=CC1B(O)O.NCC(=O)N1CC=CC1B(O)O. The molecule has 0 bridgehead atoms. The van der Waals surface area contributed by atoms with Crippen LogP contribution in [0.4, 0.5) is 0 Å². The van der Waals surface area contributed by atoms with E-state index in [4.69, 9.17) is 48.8 Å². The molecule has 2 rings (SSSR count). The number of rotatable bonds is 9. The maximum atomic E-state index is 12.0.